The molecule has 18 heavy (non-hydrogen) atoms. The third kappa shape index (κ3) is 4.58. The van der Waals surface area contributed by atoms with Crippen molar-refractivity contribution < 1.29 is 4.79 Å². The van der Waals surface area contributed by atoms with E-state index in [4.69, 9.17) is 5.73 Å². The first-order chi connectivity index (χ1) is 8.67. The van der Waals surface area contributed by atoms with Crippen molar-refractivity contribution in [2.24, 2.45) is 5.73 Å². The highest BCUT2D eigenvalue weighted by Gasteiger charge is 2.07. The smallest absolute Gasteiger partial charge is 0.233 e. The SMILES string of the molecule is CNC(=O)CN(C)Cc1ccccc1C#CCN. The van der Waals surface area contributed by atoms with Crippen molar-refractivity contribution in [2.45, 2.75) is 6.54 Å². The van der Waals surface area contributed by atoms with E-state index < -0.39 is 0 Å². The highest BCUT2D eigenvalue weighted by atomic mass is 16.1. The molecule has 1 amide bonds. The van der Waals surface area contributed by atoms with E-state index in [2.05, 4.69) is 17.2 Å². The summed E-state index contributed by atoms with van der Waals surface area (Å²) in [5, 5.41) is 2.61. The minimum atomic E-state index is 0.00280. The van der Waals surface area contributed by atoms with Crippen LogP contribution in [0, 0.1) is 11.8 Å². The highest BCUT2D eigenvalue weighted by molar-refractivity contribution is 5.77. The summed E-state index contributed by atoms with van der Waals surface area (Å²) in [6, 6.07) is 7.89. The Morgan fingerprint density at radius 1 is 1.44 bits per heavy atom. The molecular formula is C14H19N3O. The summed E-state index contributed by atoms with van der Waals surface area (Å²) >= 11 is 0. The van der Waals surface area contributed by atoms with Gasteiger partial charge in [-0.1, -0.05) is 30.0 Å². The molecule has 0 unspecified atom stereocenters. The van der Waals surface area contributed by atoms with Crippen LogP contribution in [0.3, 0.4) is 0 Å². The molecule has 1 rings (SSSR count). The molecule has 0 saturated heterocycles. The van der Waals surface area contributed by atoms with E-state index in [1.165, 1.54) is 0 Å². The van der Waals surface area contributed by atoms with Gasteiger partial charge in [0.05, 0.1) is 13.1 Å². The average Bonchev–Trinajstić information content (AvgIpc) is 2.37. The van der Waals surface area contributed by atoms with Crippen molar-refractivity contribution in [1.29, 1.82) is 0 Å². The number of nitrogens with one attached hydrogen (secondary N) is 1. The zero-order valence-corrected chi connectivity index (χ0v) is 10.9. The molecule has 0 fully saturated rings. The Labute approximate surface area is 108 Å². The molecule has 0 aliphatic rings. The molecule has 0 heterocycles. The van der Waals surface area contributed by atoms with E-state index >= 15 is 0 Å². The van der Waals surface area contributed by atoms with Crippen LogP contribution in [-0.2, 0) is 11.3 Å². The lowest BCUT2D eigenvalue weighted by atomic mass is 10.1. The summed E-state index contributed by atoms with van der Waals surface area (Å²) in [6.45, 7) is 1.40. The van der Waals surface area contributed by atoms with Crippen LogP contribution < -0.4 is 11.1 Å². The van der Waals surface area contributed by atoms with Crippen molar-refractivity contribution in [3.63, 3.8) is 0 Å². The van der Waals surface area contributed by atoms with Gasteiger partial charge in [-0.2, -0.15) is 0 Å². The van der Waals surface area contributed by atoms with Crippen molar-refractivity contribution in [2.75, 3.05) is 27.2 Å². The van der Waals surface area contributed by atoms with Gasteiger partial charge in [0.25, 0.3) is 0 Å². The summed E-state index contributed by atoms with van der Waals surface area (Å²) < 4.78 is 0. The van der Waals surface area contributed by atoms with E-state index in [1.54, 1.807) is 7.05 Å². The van der Waals surface area contributed by atoms with E-state index in [9.17, 15) is 4.79 Å². The van der Waals surface area contributed by atoms with Crippen LogP contribution in [0.1, 0.15) is 11.1 Å². The number of nitrogens with zero attached hydrogens (tertiary/aromatic N) is 1. The zero-order chi connectivity index (χ0) is 13.4. The Hall–Kier alpha value is -1.83. The van der Waals surface area contributed by atoms with Gasteiger partial charge in [-0.15, -0.1) is 0 Å². The predicted molar refractivity (Wildman–Crippen MR) is 72.8 cm³/mol. The van der Waals surface area contributed by atoms with E-state index in [0.29, 0.717) is 19.6 Å². The van der Waals surface area contributed by atoms with Gasteiger partial charge in [0.1, 0.15) is 0 Å². The predicted octanol–water partition coefficient (Wildman–Crippen LogP) is 0.175. The maximum Gasteiger partial charge on any atom is 0.233 e. The molecule has 1 aromatic carbocycles. The number of carbonyl (C=O) groups excluding carboxylic acids is 1. The fraction of sp³-hybridized carbons (Fsp3) is 0.357. The first-order valence-electron chi connectivity index (χ1n) is 5.83. The van der Waals surface area contributed by atoms with Gasteiger partial charge in [-0.25, -0.2) is 0 Å². The van der Waals surface area contributed by atoms with Gasteiger partial charge in [0, 0.05) is 19.2 Å². The molecule has 0 radical (unpaired) electrons. The molecule has 3 N–H and O–H groups in total. The van der Waals surface area contributed by atoms with E-state index in [0.717, 1.165) is 11.1 Å². The molecule has 4 nitrogen and oxygen atoms in total. The van der Waals surface area contributed by atoms with Crippen LogP contribution >= 0.6 is 0 Å². The van der Waals surface area contributed by atoms with Crippen LogP contribution in [-0.4, -0.2) is 38.0 Å². The van der Waals surface area contributed by atoms with Gasteiger partial charge >= 0.3 is 0 Å². The third-order valence-corrected chi connectivity index (χ3v) is 2.48. The second-order valence-electron chi connectivity index (χ2n) is 4.01. The second kappa shape index (κ2) is 7.49. The van der Waals surface area contributed by atoms with Crippen molar-refractivity contribution >= 4 is 5.91 Å². The van der Waals surface area contributed by atoms with Crippen LogP contribution in [0.25, 0.3) is 0 Å². The van der Waals surface area contributed by atoms with Crippen molar-refractivity contribution in [1.82, 2.24) is 10.2 Å². The molecule has 0 aliphatic carbocycles. The number of rotatable bonds is 4. The van der Waals surface area contributed by atoms with Gasteiger partial charge < -0.3 is 11.1 Å². The summed E-state index contributed by atoms with van der Waals surface area (Å²) in [5.74, 6) is 5.90. The summed E-state index contributed by atoms with van der Waals surface area (Å²) in [5.41, 5.74) is 7.44. The number of likely N-dealkylation sites (N-methyl/N-ethyl adjacent to an activating group) is 2. The van der Waals surface area contributed by atoms with Gasteiger partial charge in [-0.05, 0) is 18.7 Å². The Bertz CT molecular complexity index is 460. The first kappa shape index (κ1) is 14.2. The Kier molecular flexibility index (Phi) is 5.92. The molecule has 0 atom stereocenters. The summed E-state index contributed by atoms with van der Waals surface area (Å²) in [6.07, 6.45) is 0. The monoisotopic (exact) mass is 245 g/mol. The first-order valence-corrected chi connectivity index (χ1v) is 5.83. The highest BCUT2D eigenvalue weighted by Crippen LogP contribution is 2.09. The molecule has 96 valence electrons. The largest absolute Gasteiger partial charge is 0.358 e. The Morgan fingerprint density at radius 2 is 2.17 bits per heavy atom. The molecule has 1 aromatic rings. The normalized spacial score (nSPS) is 9.78. The summed E-state index contributed by atoms with van der Waals surface area (Å²) in [7, 11) is 3.54. The van der Waals surface area contributed by atoms with Crippen LogP contribution in [0.4, 0.5) is 0 Å². The second-order valence-corrected chi connectivity index (χ2v) is 4.01. The molecule has 0 bridgehead atoms. The van der Waals surface area contributed by atoms with Crippen molar-refractivity contribution in [3.05, 3.63) is 35.4 Å². The van der Waals surface area contributed by atoms with Gasteiger partial charge in [0.15, 0.2) is 0 Å². The molecule has 0 saturated carbocycles. The number of amides is 1. The number of hydrogen-bond acceptors (Lipinski definition) is 3. The number of hydrogen-bond donors (Lipinski definition) is 2. The van der Waals surface area contributed by atoms with Crippen LogP contribution in [0.15, 0.2) is 24.3 Å². The molecule has 0 spiro atoms. The van der Waals surface area contributed by atoms with Gasteiger partial charge in [0.2, 0.25) is 5.91 Å². The molecule has 0 aromatic heterocycles. The lowest BCUT2D eigenvalue weighted by Gasteiger charge is -2.16. The molecule has 0 aliphatic heterocycles. The molecule has 4 heteroatoms. The average molecular weight is 245 g/mol. The van der Waals surface area contributed by atoms with Gasteiger partial charge in [-0.3, -0.25) is 9.69 Å². The van der Waals surface area contributed by atoms with E-state index in [1.807, 2.05) is 36.2 Å². The topological polar surface area (TPSA) is 58.4 Å². The quantitative estimate of drug-likeness (QED) is 0.744. The lowest BCUT2D eigenvalue weighted by Crippen LogP contribution is -2.32. The Morgan fingerprint density at radius 3 is 2.83 bits per heavy atom. The maximum atomic E-state index is 11.3. The van der Waals surface area contributed by atoms with Crippen LogP contribution in [0.2, 0.25) is 0 Å². The fourth-order valence-corrected chi connectivity index (χ4v) is 1.60. The standard InChI is InChI=1S/C14H19N3O/c1-16-14(18)11-17(2)10-13-7-4-3-6-12(13)8-5-9-15/h3-4,6-7H,9-11,15H2,1-2H3,(H,16,18). The number of nitrogens with two attached hydrogens (primary N) is 1. The number of benzene rings is 1. The fourth-order valence-electron chi connectivity index (χ4n) is 1.60. The number of carbonyl (C=O) groups is 1. The zero-order valence-electron chi connectivity index (χ0n) is 10.9. The van der Waals surface area contributed by atoms with E-state index in [-0.39, 0.29) is 5.91 Å². The maximum absolute atomic E-state index is 11.3. The Balaban J connectivity index is 2.74. The molecular weight excluding hydrogens is 226 g/mol. The third-order valence-electron chi connectivity index (χ3n) is 2.48. The minimum Gasteiger partial charge on any atom is -0.358 e. The lowest BCUT2D eigenvalue weighted by molar-refractivity contribution is -0.121. The summed E-state index contributed by atoms with van der Waals surface area (Å²) in [4.78, 5) is 13.2. The van der Waals surface area contributed by atoms with Crippen molar-refractivity contribution in [3.8, 4) is 11.8 Å². The van der Waals surface area contributed by atoms with Crippen LogP contribution in [0.5, 0.6) is 0 Å². The minimum absolute atomic E-state index is 0.00280.